The van der Waals surface area contributed by atoms with Crippen molar-refractivity contribution in [3.63, 3.8) is 0 Å². The van der Waals surface area contributed by atoms with E-state index in [2.05, 4.69) is 42.1 Å². The molecule has 24 heavy (non-hydrogen) atoms. The van der Waals surface area contributed by atoms with Gasteiger partial charge in [-0.3, -0.25) is 4.79 Å². The number of nitrogens with zero attached hydrogens (tertiary/aromatic N) is 2. The summed E-state index contributed by atoms with van der Waals surface area (Å²) in [7, 11) is 0. The summed E-state index contributed by atoms with van der Waals surface area (Å²) in [5, 5.41) is 13.5. The lowest BCUT2D eigenvalue weighted by Gasteiger charge is -2.29. The average Bonchev–Trinajstić information content (AvgIpc) is 2.97. The fraction of sp³-hybridized carbons (Fsp3) is 0.474. The van der Waals surface area contributed by atoms with E-state index < -0.39 is 5.41 Å². The maximum atomic E-state index is 12.6. The molecule has 126 valence electrons. The van der Waals surface area contributed by atoms with Crippen LogP contribution < -0.4 is 5.32 Å². The number of nitrogens with one attached hydrogen (secondary N) is 1. The topological polar surface area (TPSA) is 67.0 Å². The molecule has 1 fully saturated rings. The Bertz CT molecular complexity index is 779. The molecular formula is C19H23N3O2. The summed E-state index contributed by atoms with van der Waals surface area (Å²) in [5.74, 6) is 0.346. The molecule has 0 bridgehead atoms. The Labute approximate surface area is 142 Å². The molecule has 1 aromatic carbocycles. The zero-order valence-electron chi connectivity index (χ0n) is 14.2. The maximum absolute atomic E-state index is 12.6. The maximum Gasteiger partial charge on any atom is 0.245 e. The predicted octanol–water partition coefficient (Wildman–Crippen LogP) is 3.56. The highest BCUT2D eigenvalue weighted by Gasteiger charge is 2.40. The SMILES string of the molecule is CC(C)Cn1ccc2cc(NC(=O)C3(C#N)CCOCC3)ccc21. The van der Waals surface area contributed by atoms with Crippen LogP contribution in [-0.4, -0.2) is 23.7 Å². The van der Waals surface area contributed by atoms with Gasteiger partial charge in [-0.1, -0.05) is 13.8 Å². The Balaban J connectivity index is 1.80. The number of benzene rings is 1. The smallest absolute Gasteiger partial charge is 0.245 e. The van der Waals surface area contributed by atoms with Crippen LogP contribution in [0.3, 0.4) is 0 Å². The van der Waals surface area contributed by atoms with Gasteiger partial charge in [0.1, 0.15) is 5.41 Å². The predicted molar refractivity (Wildman–Crippen MR) is 93.5 cm³/mol. The third-order valence-electron chi connectivity index (χ3n) is 4.59. The summed E-state index contributed by atoms with van der Waals surface area (Å²) in [5.41, 5.74) is 0.912. The van der Waals surface area contributed by atoms with E-state index in [1.54, 1.807) is 0 Å². The van der Waals surface area contributed by atoms with Gasteiger partial charge in [0.05, 0.1) is 6.07 Å². The van der Waals surface area contributed by atoms with Gasteiger partial charge in [-0.25, -0.2) is 0 Å². The second-order valence-electron chi connectivity index (χ2n) is 6.90. The highest BCUT2D eigenvalue weighted by Crippen LogP contribution is 2.31. The van der Waals surface area contributed by atoms with Crippen molar-refractivity contribution in [2.24, 2.45) is 11.3 Å². The second kappa shape index (κ2) is 6.66. The molecule has 3 rings (SSSR count). The summed E-state index contributed by atoms with van der Waals surface area (Å²) >= 11 is 0. The van der Waals surface area contributed by atoms with Crippen LogP contribution in [0.2, 0.25) is 0 Å². The molecule has 5 heteroatoms. The number of rotatable bonds is 4. The minimum atomic E-state index is -0.975. The van der Waals surface area contributed by atoms with Crippen LogP contribution in [0.5, 0.6) is 0 Å². The third kappa shape index (κ3) is 3.15. The van der Waals surface area contributed by atoms with Crippen molar-refractivity contribution in [1.82, 2.24) is 4.57 Å². The van der Waals surface area contributed by atoms with E-state index >= 15 is 0 Å². The van der Waals surface area contributed by atoms with E-state index in [0.29, 0.717) is 32.0 Å². The molecule has 2 aromatic rings. The van der Waals surface area contributed by atoms with Gasteiger partial charge in [-0.2, -0.15) is 5.26 Å². The normalized spacial score (nSPS) is 16.9. The molecule has 0 radical (unpaired) electrons. The van der Waals surface area contributed by atoms with E-state index in [1.807, 2.05) is 18.2 Å². The van der Waals surface area contributed by atoms with Crippen molar-refractivity contribution in [3.8, 4) is 6.07 Å². The molecule has 1 N–H and O–H groups in total. The van der Waals surface area contributed by atoms with Crippen LogP contribution in [0.15, 0.2) is 30.5 Å². The van der Waals surface area contributed by atoms with Crippen LogP contribution in [0.4, 0.5) is 5.69 Å². The summed E-state index contributed by atoms with van der Waals surface area (Å²) in [6.45, 7) is 6.26. The number of anilines is 1. The van der Waals surface area contributed by atoms with Crippen molar-refractivity contribution in [2.75, 3.05) is 18.5 Å². The van der Waals surface area contributed by atoms with Crippen LogP contribution in [0.25, 0.3) is 10.9 Å². The molecular weight excluding hydrogens is 302 g/mol. The van der Waals surface area contributed by atoms with Crippen molar-refractivity contribution < 1.29 is 9.53 Å². The van der Waals surface area contributed by atoms with Crippen molar-refractivity contribution in [1.29, 1.82) is 5.26 Å². The fourth-order valence-corrected chi connectivity index (χ4v) is 3.19. The summed E-state index contributed by atoms with van der Waals surface area (Å²) in [6.07, 6.45) is 2.97. The molecule has 2 heterocycles. The lowest BCUT2D eigenvalue weighted by Crippen LogP contribution is -2.39. The molecule has 0 aliphatic carbocycles. The largest absolute Gasteiger partial charge is 0.381 e. The zero-order valence-corrected chi connectivity index (χ0v) is 14.2. The molecule has 1 aromatic heterocycles. The first kappa shape index (κ1) is 16.5. The number of fused-ring (bicyclic) bond motifs is 1. The second-order valence-corrected chi connectivity index (χ2v) is 6.90. The standard InChI is InChI=1S/C19H23N3O2/c1-14(2)12-22-8-5-15-11-16(3-4-17(15)22)21-18(23)19(13-20)6-9-24-10-7-19/h3-5,8,11,14H,6-7,9-10,12H2,1-2H3,(H,21,23). The van der Waals surface area contributed by atoms with Gasteiger partial charge in [0, 0.05) is 42.5 Å². The van der Waals surface area contributed by atoms with E-state index in [0.717, 1.165) is 23.1 Å². The van der Waals surface area contributed by atoms with E-state index in [9.17, 15) is 10.1 Å². The minimum Gasteiger partial charge on any atom is -0.381 e. The lowest BCUT2D eigenvalue weighted by atomic mass is 9.81. The van der Waals surface area contributed by atoms with Crippen LogP contribution in [-0.2, 0) is 16.1 Å². The van der Waals surface area contributed by atoms with E-state index in [-0.39, 0.29) is 5.91 Å². The number of hydrogen-bond donors (Lipinski definition) is 1. The molecule has 1 saturated heterocycles. The van der Waals surface area contributed by atoms with E-state index in [4.69, 9.17) is 4.74 Å². The van der Waals surface area contributed by atoms with Crippen molar-refractivity contribution in [2.45, 2.75) is 33.2 Å². The number of nitriles is 1. The molecule has 0 unspecified atom stereocenters. The zero-order chi connectivity index (χ0) is 17.2. The van der Waals surface area contributed by atoms with Crippen molar-refractivity contribution in [3.05, 3.63) is 30.5 Å². The number of carbonyl (C=O) groups excluding carboxylic acids is 1. The Hall–Kier alpha value is -2.32. The van der Waals surface area contributed by atoms with E-state index in [1.165, 1.54) is 0 Å². The lowest BCUT2D eigenvalue weighted by molar-refractivity contribution is -0.126. The number of amides is 1. The minimum absolute atomic E-state index is 0.228. The number of carbonyl (C=O) groups is 1. The van der Waals surface area contributed by atoms with Gasteiger partial charge in [-0.05, 0) is 43.0 Å². The number of ether oxygens (including phenoxy) is 1. The molecule has 1 aliphatic rings. The summed E-state index contributed by atoms with van der Waals surface area (Å²) in [4.78, 5) is 12.6. The fourth-order valence-electron chi connectivity index (χ4n) is 3.19. The average molecular weight is 325 g/mol. The molecule has 1 aliphatic heterocycles. The first-order chi connectivity index (χ1) is 11.5. The molecule has 0 spiro atoms. The highest BCUT2D eigenvalue weighted by molar-refractivity contribution is 5.99. The van der Waals surface area contributed by atoms with Gasteiger partial charge in [0.2, 0.25) is 5.91 Å². The monoisotopic (exact) mass is 325 g/mol. The first-order valence-electron chi connectivity index (χ1n) is 8.43. The Morgan fingerprint density at radius 1 is 1.38 bits per heavy atom. The molecule has 0 atom stereocenters. The Morgan fingerprint density at radius 2 is 2.12 bits per heavy atom. The molecule has 1 amide bonds. The van der Waals surface area contributed by atoms with Crippen molar-refractivity contribution >= 4 is 22.5 Å². The summed E-state index contributed by atoms with van der Waals surface area (Å²) < 4.78 is 7.51. The highest BCUT2D eigenvalue weighted by atomic mass is 16.5. The molecule has 0 saturated carbocycles. The van der Waals surface area contributed by atoms with Crippen LogP contribution in [0, 0.1) is 22.7 Å². The van der Waals surface area contributed by atoms with Crippen LogP contribution >= 0.6 is 0 Å². The Kier molecular flexibility index (Phi) is 4.59. The van der Waals surface area contributed by atoms with Gasteiger partial charge in [-0.15, -0.1) is 0 Å². The Morgan fingerprint density at radius 3 is 2.79 bits per heavy atom. The quantitative estimate of drug-likeness (QED) is 0.934. The van der Waals surface area contributed by atoms with Gasteiger partial charge in [0.25, 0.3) is 0 Å². The summed E-state index contributed by atoms with van der Waals surface area (Å²) in [6, 6.07) is 10.2. The third-order valence-corrected chi connectivity index (χ3v) is 4.59. The number of aromatic nitrogens is 1. The van der Waals surface area contributed by atoms with Gasteiger partial charge >= 0.3 is 0 Å². The first-order valence-corrected chi connectivity index (χ1v) is 8.43. The number of hydrogen-bond acceptors (Lipinski definition) is 3. The van der Waals surface area contributed by atoms with Gasteiger partial charge in [0.15, 0.2) is 0 Å². The van der Waals surface area contributed by atoms with Gasteiger partial charge < -0.3 is 14.6 Å². The van der Waals surface area contributed by atoms with Crippen LogP contribution in [0.1, 0.15) is 26.7 Å². The molecule has 5 nitrogen and oxygen atoms in total.